The van der Waals surface area contributed by atoms with Gasteiger partial charge in [0.15, 0.2) is 5.82 Å². The standard InChI is InChI=1S/C13H22N4O2/c1-13(2)5-3-9(4-6-13)12-16-11(19-17-12)8-15-7-10(14)18/h9,15H,3-8H2,1-2H3,(H2,14,18). The number of hydrogen-bond donors (Lipinski definition) is 2. The summed E-state index contributed by atoms with van der Waals surface area (Å²) in [5.74, 6) is 1.32. The second kappa shape index (κ2) is 5.69. The van der Waals surface area contributed by atoms with Gasteiger partial charge in [0.05, 0.1) is 13.1 Å². The quantitative estimate of drug-likeness (QED) is 0.838. The van der Waals surface area contributed by atoms with Crippen molar-refractivity contribution in [1.82, 2.24) is 15.5 Å². The molecule has 106 valence electrons. The predicted octanol–water partition coefficient (Wildman–Crippen LogP) is 1.33. The van der Waals surface area contributed by atoms with Crippen LogP contribution in [0, 0.1) is 5.41 Å². The topological polar surface area (TPSA) is 94.0 Å². The molecule has 0 aromatic carbocycles. The van der Waals surface area contributed by atoms with E-state index in [-0.39, 0.29) is 6.54 Å². The molecule has 0 bridgehead atoms. The molecule has 1 aromatic heterocycles. The van der Waals surface area contributed by atoms with Crippen LogP contribution in [0.3, 0.4) is 0 Å². The van der Waals surface area contributed by atoms with E-state index in [1.165, 1.54) is 12.8 Å². The number of nitrogens with two attached hydrogens (primary N) is 1. The van der Waals surface area contributed by atoms with Gasteiger partial charge in [0.1, 0.15) is 0 Å². The van der Waals surface area contributed by atoms with Crippen molar-refractivity contribution < 1.29 is 9.32 Å². The summed E-state index contributed by atoms with van der Waals surface area (Å²) in [6.45, 7) is 5.11. The zero-order chi connectivity index (χ0) is 13.9. The van der Waals surface area contributed by atoms with Crippen molar-refractivity contribution in [2.45, 2.75) is 52.0 Å². The third kappa shape index (κ3) is 4.02. The monoisotopic (exact) mass is 266 g/mol. The SMILES string of the molecule is CC1(C)CCC(c2noc(CNCC(N)=O)n2)CC1. The van der Waals surface area contributed by atoms with Gasteiger partial charge in [-0.25, -0.2) is 0 Å². The van der Waals surface area contributed by atoms with Crippen LogP contribution < -0.4 is 11.1 Å². The van der Waals surface area contributed by atoms with E-state index in [1.54, 1.807) is 0 Å². The first-order valence-corrected chi connectivity index (χ1v) is 6.78. The van der Waals surface area contributed by atoms with Crippen molar-refractivity contribution >= 4 is 5.91 Å². The second-order valence-corrected chi connectivity index (χ2v) is 6.05. The summed E-state index contributed by atoms with van der Waals surface area (Å²) in [5, 5.41) is 6.90. The van der Waals surface area contributed by atoms with Gasteiger partial charge in [-0.05, 0) is 31.1 Å². The van der Waals surface area contributed by atoms with Crippen molar-refractivity contribution in [3.8, 4) is 0 Å². The zero-order valence-electron chi connectivity index (χ0n) is 11.6. The lowest BCUT2D eigenvalue weighted by Gasteiger charge is -2.32. The Labute approximate surface area is 113 Å². The number of nitrogens with one attached hydrogen (secondary N) is 1. The molecule has 6 heteroatoms. The molecule has 1 aliphatic carbocycles. The van der Waals surface area contributed by atoms with Gasteiger partial charge in [-0.15, -0.1) is 0 Å². The molecule has 0 aliphatic heterocycles. The second-order valence-electron chi connectivity index (χ2n) is 6.05. The highest BCUT2D eigenvalue weighted by molar-refractivity contribution is 5.75. The molecular weight excluding hydrogens is 244 g/mol. The van der Waals surface area contributed by atoms with Gasteiger partial charge in [0.25, 0.3) is 0 Å². The molecule has 0 atom stereocenters. The Hall–Kier alpha value is -1.43. The fourth-order valence-corrected chi connectivity index (χ4v) is 2.46. The molecule has 0 spiro atoms. The fraction of sp³-hybridized carbons (Fsp3) is 0.769. The molecule has 1 aromatic rings. The molecule has 1 aliphatic rings. The first-order valence-electron chi connectivity index (χ1n) is 6.78. The van der Waals surface area contributed by atoms with Gasteiger partial charge in [-0.2, -0.15) is 4.98 Å². The number of rotatable bonds is 5. The Morgan fingerprint density at radius 1 is 1.47 bits per heavy atom. The van der Waals surface area contributed by atoms with E-state index in [9.17, 15) is 4.79 Å². The first-order chi connectivity index (χ1) is 8.96. The Balaban J connectivity index is 1.85. The van der Waals surface area contributed by atoms with Gasteiger partial charge in [0, 0.05) is 5.92 Å². The summed E-state index contributed by atoms with van der Waals surface area (Å²) in [6, 6.07) is 0. The third-order valence-corrected chi connectivity index (χ3v) is 3.76. The van der Waals surface area contributed by atoms with E-state index < -0.39 is 5.91 Å². The summed E-state index contributed by atoms with van der Waals surface area (Å²) >= 11 is 0. The van der Waals surface area contributed by atoms with Crippen LogP contribution in [-0.2, 0) is 11.3 Å². The van der Waals surface area contributed by atoms with Crippen LogP contribution in [0.4, 0.5) is 0 Å². The zero-order valence-corrected chi connectivity index (χ0v) is 11.6. The van der Waals surface area contributed by atoms with Gasteiger partial charge >= 0.3 is 0 Å². The maximum absolute atomic E-state index is 10.6. The molecule has 0 saturated heterocycles. The lowest BCUT2D eigenvalue weighted by atomic mass is 9.73. The van der Waals surface area contributed by atoms with Crippen LogP contribution in [0.15, 0.2) is 4.52 Å². The maximum atomic E-state index is 10.6. The number of primary amides is 1. The number of amides is 1. The molecule has 1 heterocycles. The van der Waals surface area contributed by atoms with Crippen LogP contribution in [0.5, 0.6) is 0 Å². The van der Waals surface area contributed by atoms with Gasteiger partial charge < -0.3 is 10.3 Å². The van der Waals surface area contributed by atoms with E-state index in [4.69, 9.17) is 10.3 Å². The molecule has 0 radical (unpaired) electrons. The molecule has 1 amide bonds. The molecule has 1 fully saturated rings. The minimum atomic E-state index is -0.394. The molecular formula is C13H22N4O2. The molecule has 19 heavy (non-hydrogen) atoms. The minimum Gasteiger partial charge on any atom is -0.369 e. The number of carbonyl (C=O) groups is 1. The van der Waals surface area contributed by atoms with Crippen molar-refractivity contribution in [3.63, 3.8) is 0 Å². The molecule has 2 rings (SSSR count). The van der Waals surface area contributed by atoms with Crippen LogP contribution in [-0.4, -0.2) is 22.6 Å². The molecule has 6 nitrogen and oxygen atoms in total. The van der Waals surface area contributed by atoms with Crippen molar-refractivity contribution in [2.24, 2.45) is 11.1 Å². The molecule has 0 unspecified atom stereocenters. The van der Waals surface area contributed by atoms with E-state index >= 15 is 0 Å². The highest BCUT2D eigenvalue weighted by Crippen LogP contribution is 2.41. The smallest absolute Gasteiger partial charge is 0.240 e. The first kappa shape index (κ1) is 14.0. The minimum absolute atomic E-state index is 0.120. The third-order valence-electron chi connectivity index (χ3n) is 3.76. The number of nitrogens with zero attached hydrogens (tertiary/aromatic N) is 2. The van der Waals surface area contributed by atoms with E-state index in [2.05, 4.69) is 29.3 Å². The Bertz CT molecular complexity index is 432. The number of aromatic nitrogens is 2. The predicted molar refractivity (Wildman–Crippen MR) is 70.2 cm³/mol. The lowest BCUT2D eigenvalue weighted by molar-refractivity contribution is -0.117. The van der Waals surface area contributed by atoms with E-state index in [0.29, 0.717) is 23.8 Å². The lowest BCUT2D eigenvalue weighted by Crippen LogP contribution is -2.28. The summed E-state index contributed by atoms with van der Waals surface area (Å²) in [4.78, 5) is 15.0. The van der Waals surface area contributed by atoms with Crippen LogP contribution in [0.25, 0.3) is 0 Å². The van der Waals surface area contributed by atoms with Crippen LogP contribution in [0.2, 0.25) is 0 Å². The maximum Gasteiger partial charge on any atom is 0.240 e. The van der Waals surface area contributed by atoms with Crippen molar-refractivity contribution in [1.29, 1.82) is 0 Å². The van der Waals surface area contributed by atoms with E-state index in [0.717, 1.165) is 18.7 Å². The Morgan fingerprint density at radius 3 is 2.79 bits per heavy atom. The Kier molecular flexibility index (Phi) is 4.19. The van der Waals surface area contributed by atoms with Crippen molar-refractivity contribution in [3.05, 3.63) is 11.7 Å². The van der Waals surface area contributed by atoms with Gasteiger partial charge in [-0.1, -0.05) is 19.0 Å². The normalized spacial score (nSPS) is 19.5. The largest absolute Gasteiger partial charge is 0.369 e. The van der Waals surface area contributed by atoms with Gasteiger partial charge in [-0.3, -0.25) is 10.1 Å². The summed E-state index contributed by atoms with van der Waals surface area (Å²) in [5.41, 5.74) is 5.47. The highest BCUT2D eigenvalue weighted by atomic mass is 16.5. The molecule has 3 N–H and O–H groups in total. The average molecular weight is 266 g/mol. The Morgan fingerprint density at radius 2 is 2.16 bits per heavy atom. The van der Waals surface area contributed by atoms with Crippen molar-refractivity contribution in [2.75, 3.05) is 6.54 Å². The van der Waals surface area contributed by atoms with Gasteiger partial charge in [0.2, 0.25) is 11.8 Å². The van der Waals surface area contributed by atoms with E-state index in [1.807, 2.05) is 0 Å². The average Bonchev–Trinajstić information content (AvgIpc) is 2.77. The van der Waals surface area contributed by atoms with Crippen LogP contribution in [0.1, 0.15) is 57.2 Å². The van der Waals surface area contributed by atoms with Crippen LogP contribution >= 0.6 is 0 Å². The summed E-state index contributed by atoms with van der Waals surface area (Å²) in [6.07, 6.45) is 4.62. The summed E-state index contributed by atoms with van der Waals surface area (Å²) < 4.78 is 5.18. The molecule has 1 saturated carbocycles. The highest BCUT2D eigenvalue weighted by Gasteiger charge is 2.30. The summed E-state index contributed by atoms with van der Waals surface area (Å²) in [7, 11) is 0. The fourth-order valence-electron chi connectivity index (χ4n) is 2.46. The number of carbonyl (C=O) groups excluding carboxylic acids is 1. The number of hydrogen-bond acceptors (Lipinski definition) is 5.